The Morgan fingerprint density at radius 1 is 1.17 bits per heavy atom. The zero-order chi connectivity index (χ0) is 24.7. The van der Waals surface area contributed by atoms with Gasteiger partial charge in [-0.2, -0.15) is 9.78 Å². The van der Waals surface area contributed by atoms with Crippen LogP contribution < -0.4 is 15.5 Å². The van der Waals surface area contributed by atoms with Gasteiger partial charge in [-0.05, 0) is 13.3 Å². The van der Waals surface area contributed by atoms with E-state index in [-0.39, 0.29) is 6.03 Å². The highest BCUT2D eigenvalue weighted by Gasteiger charge is 2.26. The molecule has 4 aromatic rings. The molecule has 1 fully saturated rings. The van der Waals surface area contributed by atoms with Crippen molar-refractivity contribution in [3.63, 3.8) is 0 Å². The van der Waals surface area contributed by atoms with Crippen LogP contribution in [0.25, 0.3) is 16.2 Å². The summed E-state index contributed by atoms with van der Waals surface area (Å²) < 4.78 is 1.86. The van der Waals surface area contributed by atoms with Gasteiger partial charge in [0.25, 0.3) is 0 Å². The Hall–Kier alpha value is -3.69. The molecule has 180 valence electrons. The van der Waals surface area contributed by atoms with Crippen LogP contribution in [0, 0.1) is 18.3 Å². The summed E-state index contributed by atoms with van der Waals surface area (Å²) in [4.78, 5) is 28.2. The van der Waals surface area contributed by atoms with Crippen molar-refractivity contribution >= 4 is 49.7 Å². The van der Waals surface area contributed by atoms with Gasteiger partial charge in [0.15, 0.2) is 10.9 Å². The van der Waals surface area contributed by atoms with Crippen LogP contribution in [0.2, 0.25) is 0 Å². The van der Waals surface area contributed by atoms with Gasteiger partial charge in [0.2, 0.25) is 10.1 Å². The van der Waals surface area contributed by atoms with E-state index in [0.717, 1.165) is 39.2 Å². The minimum Gasteiger partial charge on any atom is -0.351 e. The summed E-state index contributed by atoms with van der Waals surface area (Å²) in [6, 6.07) is 9.95. The third kappa shape index (κ3) is 4.17. The van der Waals surface area contributed by atoms with Gasteiger partial charge in [0.05, 0.1) is 5.69 Å². The maximum absolute atomic E-state index is 11.4. The predicted molar refractivity (Wildman–Crippen MR) is 139 cm³/mol. The van der Waals surface area contributed by atoms with Crippen molar-refractivity contribution in [3.8, 4) is 17.3 Å². The van der Waals surface area contributed by atoms with Crippen LogP contribution in [0.1, 0.15) is 23.1 Å². The Balaban J connectivity index is 1.49. The quantitative estimate of drug-likeness (QED) is 0.438. The van der Waals surface area contributed by atoms with Gasteiger partial charge in [-0.15, -0.1) is 5.10 Å². The van der Waals surface area contributed by atoms with Crippen LogP contribution in [0.5, 0.6) is 0 Å². The summed E-state index contributed by atoms with van der Waals surface area (Å²) in [5.74, 6) is 0.842. The van der Waals surface area contributed by atoms with Gasteiger partial charge in [-0.1, -0.05) is 59.4 Å². The number of thiazole rings is 1. The molecule has 1 aliphatic heterocycles. The van der Waals surface area contributed by atoms with E-state index < -0.39 is 0 Å². The molecule has 0 radical (unpaired) electrons. The molecule has 0 aliphatic carbocycles. The number of hydrogen-bond acceptors (Lipinski definition) is 9. The van der Waals surface area contributed by atoms with Crippen LogP contribution in [-0.2, 0) is 6.42 Å². The molecule has 10 nitrogen and oxygen atoms in total. The van der Waals surface area contributed by atoms with E-state index in [1.165, 1.54) is 22.7 Å². The highest BCUT2D eigenvalue weighted by atomic mass is 32.1. The van der Waals surface area contributed by atoms with Crippen LogP contribution in [-0.4, -0.2) is 63.7 Å². The van der Waals surface area contributed by atoms with Gasteiger partial charge in [0.1, 0.15) is 16.6 Å². The molecule has 1 aliphatic rings. The van der Waals surface area contributed by atoms with Gasteiger partial charge in [0, 0.05) is 38.8 Å². The number of aromatic nitrogens is 4. The number of primary amides is 1. The zero-order valence-corrected chi connectivity index (χ0v) is 21.4. The van der Waals surface area contributed by atoms with Crippen LogP contribution in [0.4, 0.5) is 20.9 Å². The van der Waals surface area contributed by atoms with Crippen LogP contribution in [0.3, 0.4) is 0 Å². The van der Waals surface area contributed by atoms with E-state index in [2.05, 4.69) is 17.9 Å². The smallest absolute Gasteiger partial charge is 0.314 e. The Morgan fingerprint density at radius 3 is 2.51 bits per heavy atom. The first-order chi connectivity index (χ1) is 16.9. The molecule has 2 N–H and O–H groups in total. The number of rotatable bonds is 5. The van der Waals surface area contributed by atoms with Crippen molar-refractivity contribution in [2.75, 3.05) is 43.0 Å². The number of aryl methyl sites for hydroxylation is 2. The normalized spacial score (nSPS) is 13.9. The van der Waals surface area contributed by atoms with Crippen LogP contribution >= 0.6 is 22.7 Å². The number of carbonyl (C=O) groups is 1. The third-order valence-electron chi connectivity index (χ3n) is 6.08. The fraction of sp³-hybridized carbons (Fsp3) is 0.348. The van der Waals surface area contributed by atoms with E-state index in [1.54, 1.807) is 4.90 Å². The monoisotopic (exact) mass is 507 g/mol. The SMILES string of the molecule is CCc1nc2sc(N3CCN(C(N)=O)CC3)nn2c1N(C)c1nc(-c2ccc(C)cc2)c(C#N)s1. The van der Waals surface area contributed by atoms with Crippen molar-refractivity contribution in [3.05, 3.63) is 40.4 Å². The van der Waals surface area contributed by atoms with E-state index in [1.807, 2.05) is 47.7 Å². The van der Waals surface area contributed by atoms with Gasteiger partial charge < -0.3 is 20.4 Å². The molecule has 5 rings (SSSR count). The number of hydrogen-bond donors (Lipinski definition) is 1. The number of anilines is 3. The maximum atomic E-state index is 11.4. The summed E-state index contributed by atoms with van der Waals surface area (Å²) in [6.07, 6.45) is 0.740. The standard InChI is InChI=1S/C23H25N9OS2/c1-4-16-19(29(3)21-27-18(17(13-24)34-21)15-7-5-14(2)6-8-15)32-22(26-16)35-23(28-32)31-11-9-30(10-12-31)20(25)33/h5-8H,4,9-12H2,1-3H3,(H2,25,33). The average molecular weight is 508 g/mol. The van der Waals surface area contributed by atoms with Crippen LogP contribution in [0.15, 0.2) is 24.3 Å². The molecule has 3 aromatic heterocycles. The zero-order valence-electron chi connectivity index (χ0n) is 19.7. The molecule has 0 bridgehead atoms. The summed E-state index contributed by atoms with van der Waals surface area (Å²) in [6.45, 7) is 6.58. The summed E-state index contributed by atoms with van der Waals surface area (Å²) in [7, 11) is 1.94. The number of nitriles is 1. The first-order valence-corrected chi connectivity index (χ1v) is 12.9. The largest absolute Gasteiger partial charge is 0.351 e. The number of nitrogens with zero attached hydrogens (tertiary/aromatic N) is 8. The predicted octanol–water partition coefficient (Wildman–Crippen LogP) is 3.63. The molecule has 12 heteroatoms. The second-order valence-electron chi connectivity index (χ2n) is 8.34. The summed E-state index contributed by atoms with van der Waals surface area (Å²) >= 11 is 2.88. The number of benzene rings is 1. The minimum absolute atomic E-state index is 0.389. The van der Waals surface area contributed by atoms with Gasteiger partial charge >= 0.3 is 6.03 Å². The van der Waals surface area contributed by atoms with Gasteiger partial charge in [-0.25, -0.2) is 14.8 Å². The van der Waals surface area contributed by atoms with E-state index in [0.29, 0.717) is 41.9 Å². The highest BCUT2D eigenvalue weighted by molar-refractivity contribution is 7.20. The highest BCUT2D eigenvalue weighted by Crippen LogP contribution is 2.38. The lowest BCUT2D eigenvalue weighted by Crippen LogP contribution is -2.50. The number of amides is 2. The Kier molecular flexibility index (Phi) is 6.04. The first-order valence-electron chi connectivity index (χ1n) is 11.3. The minimum atomic E-state index is -0.389. The van der Waals surface area contributed by atoms with E-state index in [9.17, 15) is 10.1 Å². The number of fused-ring (bicyclic) bond motifs is 1. The molecule has 2 amide bonds. The Labute approximate surface area is 210 Å². The van der Waals surface area contributed by atoms with E-state index in [4.69, 9.17) is 20.8 Å². The summed E-state index contributed by atoms with van der Waals surface area (Å²) in [5.41, 5.74) is 9.09. The Morgan fingerprint density at radius 2 is 1.89 bits per heavy atom. The Bertz CT molecular complexity index is 1420. The van der Waals surface area contributed by atoms with Crippen molar-refractivity contribution in [2.24, 2.45) is 5.73 Å². The lowest BCUT2D eigenvalue weighted by Gasteiger charge is -2.33. The number of urea groups is 1. The molecule has 35 heavy (non-hydrogen) atoms. The van der Waals surface area contributed by atoms with Crippen molar-refractivity contribution in [2.45, 2.75) is 20.3 Å². The third-order valence-corrected chi connectivity index (χ3v) is 8.09. The molecule has 1 saturated heterocycles. The number of carbonyl (C=O) groups excluding carboxylic acids is 1. The number of nitrogens with two attached hydrogens (primary N) is 1. The molecule has 0 unspecified atom stereocenters. The average Bonchev–Trinajstić information content (AvgIpc) is 3.56. The fourth-order valence-corrected chi connectivity index (χ4v) is 5.93. The molecule has 1 aromatic carbocycles. The van der Waals surface area contributed by atoms with Crippen molar-refractivity contribution in [1.29, 1.82) is 5.26 Å². The maximum Gasteiger partial charge on any atom is 0.314 e. The second kappa shape index (κ2) is 9.16. The van der Waals surface area contributed by atoms with Crippen molar-refractivity contribution in [1.82, 2.24) is 24.5 Å². The van der Waals surface area contributed by atoms with E-state index >= 15 is 0 Å². The molecular formula is C23H25N9OS2. The van der Waals surface area contributed by atoms with Gasteiger partial charge in [-0.3, -0.25) is 0 Å². The fourth-order valence-electron chi connectivity index (χ4n) is 4.11. The lowest BCUT2D eigenvalue weighted by molar-refractivity contribution is 0.204. The second-order valence-corrected chi connectivity index (χ2v) is 10.2. The first kappa shape index (κ1) is 23.1. The molecular weight excluding hydrogens is 482 g/mol. The number of piperazine rings is 1. The summed E-state index contributed by atoms with van der Waals surface area (Å²) in [5, 5.41) is 16.2. The topological polar surface area (TPSA) is 120 Å². The van der Waals surface area contributed by atoms with Crippen molar-refractivity contribution < 1.29 is 4.79 Å². The molecule has 0 spiro atoms. The lowest BCUT2D eigenvalue weighted by atomic mass is 10.1. The molecule has 4 heterocycles. The molecule has 0 atom stereocenters. The molecule has 0 saturated carbocycles. The number of imidazole rings is 1.